The molecule has 4 aliphatic carbocycles. The Kier molecular flexibility index (Phi) is 3.84. The molecule has 0 heterocycles. The van der Waals surface area contributed by atoms with Gasteiger partial charge in [0.2, 0.25) is 0 Å². The molecule has 0 aromatic heterocycles. The zero-order valence-corrected chi connectivity index (χ0v) is 15.6. The van der Waals surface area contributed by atoms with Crippen LogP contribution in [0.2, 0.25) is 0 Å². The summed E-state index contributed by atoms with van der Waals surface area (Å²) in [6.07, 6.45) is 10.8. The van der Waals surface area contributed by atoms with Crippen molar-refractivity contribution < 1.29 is 14.6 Å². The molecule has 0 spiro atoms. The van der Waals surface area contributed by atoms with Crippen LogP contribution in [0.3, 0.4) is 0 Å². The summed E-state index contributed by atoms with van der Waals surface area (Å²) in [5.74, 6) is 3.16. The first kappa shape index (κ1) is 17.1. The van der Waals surface area contributed by atoms with Crippen molar-refractivity contribution in [2.75, 3.05) is 0 Å². The number of fused-ring (bicyclic) bond motifs is 5. The topological polar surface area (TPSA) is 72.5 Å². The van der Waals surface area contributed by atoms with Crippen LogP contribution in [0.5, 0.6) is 0 Å². The van der Waals surface area contributed by atoms with Crippen molar-refractivity contribution in [3.8, 4) is 0 Å². The van der Waals surface area contributed by atoms with Crippen molar-refractivity contribution in [3.05, 3.63) is 23.7 Å². The van der Waals surface area contributed by atoms with E-state index in [4.69, 9.17) is 10.5 Å². The van der Waals surface area contributed by atoms with Crippen LogP contribution in [0.25, 0.3) is 0 Å². The number of aliphatic hydroxyl groups excluding tert-OH is 1. The second kappa shape index (κ2) is 5.60. The molecule has 4 nitrogen and oxygen atoms in total. The molecule has 2 saturated carbocycles. The normalized spacial score (nSPS) is 48.6. The number of aliphatic hydroxyl groups is 1. The van der Waals surface area contributed by atoms with Gasteiger partial charge in [0, 0.05) is 13.3 Å². The molecule has 0 aromatic carbocycles. The third-order valence-corrected chi connectivity index (χ3v) is 8.17. The second-order valence-corrected chi connectivity index (χ2v) is 9.33. The minimum Gasteiger partial charge on any atom is -0.513 e. The molecule has 4 rings (SSSR count). The molecule has 0 saturated heterocycles. The second-order valence-electron chi connectivity index (χ2n) is 9.33. The Balaban J connectivity index is 1.66. The van der Waals surface area contributed by atoms with Crippen molar-refractivity contribution in [2.45, 2.75) is 65.3 Å². The highest BCUT2D eigenvalue weighted by Gasteiger charge is 2.59. The summed E-state index contributed by atoms with van der Waals surface area (Å²) in [5.41, 5.74) is 6.81. The Bertz CT molecular complexity index is 654. The van der Waals surface area contributed by atoms with Gasteiger partial charge in [0.15, 0.2) is 0 Å². The molecule has 0 aromatic rings. The molecule has 138 valence electrons. The van der Waals surface area contributed by atoms with Gasteiger partial charge in [0.25, 0.3) is 0 Å². The number of allylic oxidation sites excluding steroid dienone is 3. The summed E-state index contributed by atoms with van der Waals surface area (Å²) >= 11 is 0. The fourth-order valence-electron chi connectivity index (χ4n) is 6.67. The Labute approximate surface area is 150 Å². The fourth-order valence-corrected chi connectivity index (χ4v) is 6.67. The molecular formula is C21H31NO3. The van der Waals surface area contributed by atoms with Gasteiger partial charge in [-0.05, 0) is 78.8 Å². The zero-order valence-electron chi connectivity index (χ0n) is 15.6. The Hall–Kier alpha value is -1.29. The zero-order chi connectivity index (χ0) is 18.0. The van der Waals surface area contributed by atoms with Gasteiger partial charge in [0.05, 0.1) is 11.8 Å². The molecule has 4 aliphatic rings. The van der Waals surface area contributed by atoms with Crippen LogP contribution in [-0.2, 0) is 9.53 Å². The van der Waals surface area contributed by atoms with E-state index < -0.39 is 0 Å². The maximum Gasteiger partial charge on any atom is 0.307 e. The van der Waals surface area contributed by atoms with Gasteiger partial charge in [-0.2, -0.15) is 0 Å². The van der Waals surface area contributed by atoms with Crippen molar-refractivity contribution in [1.29, 1.82) is 0 Å². The summed E-state index contributed by atoms with van der Waals surface area (Å²) < 4.78 is 5.46. The van der Waals surface area contributed by atoms with Crippen molar-refractivity contribution in [1.82, 2.24) is 0 Å². The lowest BCUT2D eigenvalue weighted by Gasteiger charge is -2.59. The predicted octanol–water partition coefficient (Wildman–Crippen LogP) is 4.08. The lowest BCUT2D eigenvalue weighted by molar-refractivity contribution is -0.137. The van der Waals surface area contributed by atoms with Gasteiger partial charge in [-0.1, -0.05) is 13.8 Å². The minimum absolute atomic E-state index is 0.00178. The summed E-state index contributed by atoms with van der Waals surface area (Å²) in [6.45, 7) is 6.17. The van der Waals surface area contributed by atoms with Gasteiger partial charge >= 0.3 is 5.97 Å². The monoisotopic (exact) mass is 345 g/mol. The van der Waals surface area contributed by atoms with Crippen LogP contribution in [0.4, 0.5) is 0 Å². The first-order valence-electron chi connectivity index (χ1n) is 9.81. The molecule has 4 heteroatoms. The molecule has 25 heavy (non-hydrogen) atoms. The lowest BCUT2D eigenvalue weighted by atomic mass is 9.46. The highest BCUT2D eigenvalue weighted by Crippen LogP contribution is 2.65. The van der Waals surface area contributed by atoms with E-state index in [0.717, 1.165) is 25.7 Å². The van der Waals surface area contributed by atoms with Crippen molar-refractivity contribution in [2.24, 2.45) is 40.2 Å². The number of rotatable bonds is 1. The standard InChI is InChI=1S/C21H31NO3/c1-12(23)25-18-11-17-15-5-4-13-10-14(24)6-8-20(13,2)16(15)7-9-21(17,3)19(18)22/h10-11,13,15-17,19,24H,4-9,22H2,1-3H3/t13?,15-,16-,17+,19?,20+,21+/m1/s1. The first-order chi connectivity index (χ1) is 11.8. The quantitative estimate of drug-likeness (QED) is 0.703. The summed E-state index contributed by atoms with van der Waals surface area (Å²) in [5, 5.41) is 9.99. The van der Waals surface area contributed by atoms with Crippen LogP contribution < -0.4 is 5.73 Å². The molecule has 0 aliphatic heterocycles. The van der Waals surface area contributed by atoms with E-state index >= 15 is 0 Å². The predicted molar refractivity (Wildman–Crippen MR) is 96.4 cm³/mol. The van der Waals surface area contributed by atoms with Crippen LogP contribution in [0, 0.1) is 34.5 Å². The van der Waals surface area contributed by atoms with Gasteiger partial charge in [-0.3, -0.25) is 4.79 Å². The number of nitrogens with two attached hydrogens (primary N) is 1. The third kappa shape index (κ3) is 2.40. The average molecular weight is 345 g/mol. The summed E-state index contributed by atoms with van der Waals surface area (Å²) in [7, 11) is 0. The van der Waals surface area contributed by atoms with E-state index in [1.807, 2.05) is 0 Å². The lowest BCUT2D eigenvalue weighted by Crippen LogP contribution is -2.54. The number of hydrogen-bond donors (Lipinski definition) is 2. The molecule has 0 amide bonds. The Morgan fingerprint density at radius 1 is 1.20 bits per heavy atom. The van der Waals surface area contributed by atoms with Crippen LogP contribution in [0.15, 0.2) is 23.7 Å². The fraction of sp³-hybridized carbons (Fsp3) is 0.762. The van der Waals surface area contributed by atoms with Gasteiger partial charge in [-0.25, -0.2) is 0 Å². The van der Waals surface area contributed by atoms with E-state index in [2.05, 4.69) is 26.0 Å². The average Bonchev–Trinajstić information content (AvgIpc) is 2.79. The maximum atomic E-state index is 11.5. The van der Waals surface area contributed by atoms with Gasteiger partial charge in [0.1, 0.15) is 5.76 Å². The summed E-state index contributed by atoms with van der Waals surface area (Å²) in [6, 6.07) is -0.178. The SMILES string of the molecule is CC(=O)OC1=C[C@H]2[C@@H]3CCC4C=C(O)CC[C@]4(C)[C@@H]3CC[C@]2(C)C1N. The number of ether oxygens (including phenoxy) is 1. The van der Waals surface area contributed by atoms with Crippen molar-refractivity contribution >= 4 is 5.97 Å². The van der Waals surface area contributed by atoms with Gasteiger partial charge in [-0.15, -0.1) is 0 Å². The van der Waals surface area contributed by atoms with E-state index in [1.54, 1.807) is 0 Å². The van der Waals surface area contributed by atoms with E-state index in [-0.39, 0.29) is 22.8 Å². The number of hydrogen-bond acceptors (Lipinski definition) is 4. The number of carbonyl (C=O) groups excluding carboxylic acids is 1. The number of esters is 1. The Morgan fingerprint density at radius 3 is 2.68 bits per heavy atom. The molecule has 2 fully saturated rings. The highest BCUT2D eigenvalue weighted by molar-refractivity contribution is 5.67. The highest BCUT2D eigenvalue weighted by atomic mass is 16.5. The van der Waals surface area contributed by atoms with Crippen molar-refractivity contribution in [3.63, 3.8) is 0 Å². The molecule has 3 N–H and O–H groups in total. The minimum atomic E-state index is -0.274. The third-order valence-electron chi connectivity index (χ3n) is 8.17. The Morgan fingerprint density at radius 2 is 1.96 bits per heavy atom. The van der Waals surface area contributed by atoms with Crippen LogP contribution >= 0.6 is 0 Å². The smallest absolute Gasteiger partial charge is 0.307 e. The van der Waals surface area contributed by atoms with E-state index in [9.17, 15) is 9.90 Å². The van der Waals surface area contributed by atoms with E-state index in [1.165, 1.54) is 19.8 Å². The largest absolute Gasteiger partial charge is 0.513 e. The molecule has 0 bridgehead atoms. The number of carbonyl (C=O) groups is 1. The molecule has 7 atom stereocenters. The van der Waals surface area contributed by atoms with Crippen LogP contribution in [0.1, 0.15) is 59.3 Å². The first-order valence-corrected chi connectivity index (χ1v) is 9.81. The molecular weight excluding hydrogens is 314 g/mol. The maximum absolute atomic E-state index is 11.5. The van der Waals surface area contributed by atoms with Gasteiger partial charge < -0.3 is 15.6 Å². The van der Waals surface area contributed by atoms with E-state index in [0.29, 0.717) is 35.2 Å². The summed E-state index contributed by atoms with van der Waals surface area (Å²) in [4.78, 5) is 11.5. The van der Waals surface area contributed by atoms with Crippen LogP contribution in [-0.4, -0.2) is 17.1 Å². The molecule has 2 unspecified atom stereocenters. The molecule has 0 radical (unpaired) electrons.